The van der Waals surface area contributed by atoms with E-state index in [1.165, 1.54) is 0 Å². The van der Waals surface area contributed by atoms with Crippen LogP contribution in [0.5, 0.6) is 0 Å². The first kappa shape index (κ1) is 17.0. The minimum Gasteiger partial charge on any atom is -0.353 e. The first-order valence-electron chi connectivity index (χ1n) is 6.37. The Hall–Kier alpha value is 0.0300. The molecule has 0 aliphatic carbocycles. The summed E-state index contributed by atoms with van der Waals surface area (Å²) in [5.74, 6) is 0. The van der Waals surface area contributed by atoms with Crippen molar-refractivity contribution in [1.82, 2.24) is 5.32 Å². The van der Waals surface area contributed by atoms with E-state index >= 15 is 0 Å². The van der Waals surface area contributed by atoms with E-state index in [9.17, 15) is 4.21 Å². The van der Waals surface area contributed by atoms with E-state index < -0.39 is 10.8 Å². The van der Waals surface area contributed by atoms with Crippen molar-refractivity contribution in [2.45, 2.75) is 45.2 Å². The van der Waals surface area contributed by atoms with Crippen LogP contribution in [0.4, 0.5) is 0 Å². The van der Waals surface area contributed by atoms with Crippen LogP contribution in [0.2, 0.25) is 0 Å². The van der Waals surface area contributed by atoms with Gasteiger partial charge in [-0.1, -0.05) is 6.92 Å². The quantitative estimate of drug-likeness (QED) is 0.454. The Kier molecular flexibility index (Phi) is 11.2. The average Bonchev–Trinajstić information content (AvgIpc) is 2.28. The first-order chi connectivity index (χ1) is 8.11. The van der Waals surface area contributed by atoms with Crippen LogP contribution in [0.25, 0.3) is 0 Å². The van der Waals surface area contributed by atoms with Gasteiger partial charge in [0.25, 0.3) is 0 Å². The zero-order valence-electron chi connectivity index (χ0n) is 11.5. The first-order valence-corrected chi connectivity index (χ1v) is 8.00. The van der Waals surface area contributed by atoms with Gasteiger partial charge in [0.05, 0.1) is 0 Å². The van der Waals surface area contributed by atoms with Crippen molar-refractivity contribution in [2.75, 3.05) is 32.6 Å². The maximum Gasteiger partial charge on any atom is 0.158 e. The summed E-state index contributed by atoms with van der Waals surface area (Å²) in [6.07, 6.45) is 3.45. The highest BCUT2D eigenvalue weighted by molar-refractivity contribution is 7.84. The van der Waals surface area contributed by atoms with Crippen molar-refractivity contribution in [2.24, 2.45) is 0 Å². The molecule has 1 N–H and O–H groups in total. The summed E-state index contributed by atoms with van der Waals surface area (Å²) in [5.41, 5.74) is 0. The summed E-state index contributed by atoms with van der Waals surface area (Å²) in [6.45, 7) is 9.07. The summed E-state index contributed by atoms with van der Waals surface area (Å²) < 4.78 is 22.0. The maximum absolute atomic E-state index is 11.1. The number of hydrogen-bond donors (Lipinski definition) is 1. The van der Waals surface area contributed by atoms with E-state index in [4.69, 9.17) is 9.47 Å². The predicted molar refractivity (Wildman–Crippen MR) is 72.7 cm³/mol. The molecule has 5 heteroatoms. The Morgan fingerprint density at radius 1 is 1.12 bits per heavy atom. The fourth-order valence-corrected chi connectivity index (χ4v) is 1.85. The topological polar surface area (TPSA) is 47.6 Å². The van der Waals surface area contributed by atoms with Crippen molar-refractivity contribution < 1.29 is 13.7 Å². The molecule has 104 valence electrons. The van der Waals surface area contributed by atoms with Gasteiger partial charge >= 0.3 is 0 Å². The van der Waals surface area contributed by atoms with Crippen molar-refractivity contribution in [3.05, 3.63) is 0 Å². The van der Waals surface area contributed by atoms with Gasteiger partial charge in [0.15, 0.2) is 6.29 Å². The lowest BCUT2D eigenvalue weighted by Gasteiger charge is -2.17. The zero-order chi connectivity index (χ0) is 13.1. The molecule has 2 atom stereocenters. The van der Waals surface area contributed by atoms with Gasteiger partial charge in [-0.15, -0.1) is 0 Å². The molecule has 0 aromatic heterocycles. The predicted octanol–water partition coefficient (Wildman–Crippen LogP) is 1.52. The normalized spacial score (nSPS) is 15.1. The van der Waals surface area contributed by atoms with Crippen molar-refractivity contribution in [1.29, 1.82) is 0 Å². The molecule has 0 saturated heterocycles. The third-order valence-corrected chi connectivity index (χ3v) is 3.93. The smallest absolute Gasteiger partial charge is 0.158 e. The van der Waals surface area contributed by atoms with Gasteiger partial charge in [-0.25, -0.2) is 0 Å². The molecular weight excluding hydrogens is 238 g/mol. The Bertz CT molecular complexity index is 196. The molecule has 0 aromatic carbocycles. The van der Waals surface area contributed by atoms with Gasteiger partial charge in [0, 0.05) is 41.9 Å². The molecule has 0 fully saturated rings. The largest absolute Gasteiger partial charge is 0.353 e. The molecule has 0 bridgehead atoms. The van der Waals surface area contributed by atoms with Gasteiger partial charge in [0.1, 0.15) is 0 Å². The van der Waals surface area contributed by atoms with E-state index in [1.54, 1.807) is 6.26 Å². The summed E-state index contributed by atoms with van der Waals surface area (Å²) in [4.78, 5) is 0. The third-order valence-electron chi connectivity index (χ3n) is 2.56. The SMILES string of the molecule is CCOC(CCNCCC(C)S(C)=O)OCC. The Balaban J connectivity index is 3.50. The van der Waals surface area contributed by atoms with Crippen LogP contribution >= 0.6 is 0 Å². The van der Waals surface area contributed by atoms with Gasteiger partial charge in [-0.3, -0.25) is 4.21 Å². The lowest BCUT2D eigenvalue weighted by atomic mass is 10.3. The average molecular weight is 265 g/mol. The maximum atomic E-state index is 11.1. The molecule has 0 aromatic rings. The van der Waals surface area contributed by atoms with E-state index in [0.29, 0.717) is 13.2 Å². The van der Waals surface area contributed by atoms with E-state index in [1.807, 2.05) is 20.8 Å². The van der Waals surface area contributed by atoms with Crippen LogP contribution in [-0.2, 0) is 20.3 Å². The molecular formula is C12H27NO3S. The highest BCUT2D eigenvalue weighted by Crippen LogP contribution is 2.01. The number of nitrogens with one attached hydrogen (secondary N) is 1. The molecule has 0 spiro atoms. The molecule has 0 rings (SSSR count). The van der Waals surface area contributed by atoms with Gasteiger partial charge < -0.3 is 14.8 Å². The minimum atomic E-state index is -0.720. The summed E-state index contributed by atoms with van der Waals surface area (Å²) in [7, 11) is -0.720. The molecule has 0 radical (unpaired) electrons. The lowest BCUT2D eigenvalue weighted by Crippen LogP contribution is -2.27. The Morgan fingerprint density at radius 3 is 2.12 bits per heavy atom. The summed E-state index contributed by atoms with van der Waals surface area (Å²) in [6, 6.07) is 0. The van der Waals surface area contributed by atoms with Crippen molar-refractivity contribution in [3.8, 4) is 0 Å². The second kappa shape index (κ2) is 11.1. The molecule has 17 heavy (non-hydrogen) atoms. The highest BCUT2D eigenvalue weighted by Gasteiger charge is 2.08. The minimum absolute atomic E-state index is 0.102. The molecule has 0 aliphatic heterocycles. The van der Waals surface area contributed by atoms with Crippen LogP contribution in [0.3, 0.4) is 0 Å². The van der Waals surface area contributed by atoms with Crippen LogP contribution in [0, 0.1) is 0 Å². The highest BCUT2D eigenvalue weighted by atomic mass is 32.2. The van der Waals surface area contributed by atoms with Crippen LogP contribution in [0.1, 0.15) is 33.6 Å². The molecule has 0 heterocycles. The fraction of sp³-hybridized carbons (Fsp3) is 1.00. The van der Waals surface area contributed by atoms with Crippen molar-refractivity contribution >= 4 is 10.8 Å². The number of hydrogen-bond acceptors (Lipinski definition) is 4. The van der Waals surface area contributed by atoms with Crippen LogP contribution in [-0.4, -0.2) is 48.3 Å². The Morgan fingerprint density at radius 2 is 1.65 bits per heavy atom. The molecule has 0 saturated carbocycles. The van der Waals surface area contributed by atoms with E-state index in [0.717, 1.165) is 25.9 Å². The fourth-order valence-electron chi connectivity index (χ4n) is 1.40. The van der Waals surface area contributed by atoms with E-state index in [-0.39, 0.29) is 11.5 Å². The molecule has 0 aliphatic rings. The second-order valence-corrected chi connectivity index (χ2v) is 5.78. The monoisotopic (exact) mass is 265 g/mol. The zero-order valence-corrected chi connectivity index (χ0v) is 12.3. The Labute approximate surface area is 108 Å². The van der Waals surface area contributed by atoms with Crippen LogP contribution in [0.15, 0.2) is 0 Å². The van der Waals surface area contributed by atoms with E-state index in [2.05, 4.69) is 5.32 Å². The standard InChI is InChI=1S/C12H27NO3S/c1-5-15-12(16-6-2)8-10-13-9-7-11(3)17(4)14/h11-13H,5-10H2,1-4H3. The third kappa shape index (κ3) is 9.71. The second-order valence-electron chi connectivity index (χ2n) is 3.98. The number of rotatable bonds is 11. The molecule has 2 unspecified atom stereocenters. The number of ether oxygens (including phenoxy) is 2. The summed E-state index contributed by atoms with van der Waals surface area (Å²) >= 11 is 0. The summed E-state index contributed by atoms with van der Waals surface area (Å²) in [5, 5.41) is 3.59. The van der Waals surface area contributed by atoms with Crippen LogP contribution < -0.4 is 5.32 Å². The molecule has 0 amide bonds. The molecule has 4 nitrogen and oxygen atoms in total. The van der Waals surface area contributed by atoms with Gasteiger partial charge in [-0.2, -0.15) is 0 Å². The van der Waals surface area contributed by atoms with Crippen molar-refractivity contribution in [3.63, 3.8) is 0 Å². The lowest BCUT2D eigenvalue weighted by molar-refractivity contribution is -0.138. The van der Waals surface area contributed by atoms with Gasteiger partial charge in [0.2, 0.25) is 0 Å². The van der Waals surface area contributed by atoms with Gasteiger partial charge in [-0.05, 0) is 33.4 Å².